The highest BCUT2D eigenvalue weighted by atomic mass is 32.2. The first-order valence-corrected chi connectivity index (χ1v) is 9.57. The zero-order chi connectivity index (χ0) is 20.0. The Balaban J connectivity index is 2.08. The third kappa shape index (κ3) is 3.41. The molecule has 4 atom stereocenters. The van der Waals surface area contributed by atoms with Crippen LogP contribution in [0.3, 0.4) is 0 Å². The van der Waals surface area contributed by atoms with Gasteiger partial charge in [-0.25, -0.2) is 4.79 Å². The highest BCUT2D eigenvalue weighted by Crippen LogP contribution is 2.47. The second-order valence-electron chi connectivity index (χ2n) is 8.22. The molecule has 8 nitrogen and oxygen atoms in total. The normalized spacial score (nSPS) is 29.6. The number of nitrogens with zero attached hydrogens (tertiary/aromatic N) is 1. The largest absolute Gasteiger partial charge is 0.427 e. The molecule has 2 heterocycles. The number of fused-ring (bicyclic) bond motifs is 1. The van der Waals surface area contributed by atoms with Gasteiger partial charge in [0.05, 0.1) is 26.9 Å². The van der Waals surface area contributed by atoms with Gasteiger partial charge in [-0.15, -0.1) is 0 Å². The molecule has 0 N–H and O–H groups in total. The third-order valence-corrected chi connectivity index (χ3v) is 6.85. The number of hydrogen-bond donors (Lipinski definition) is 0. The lowest BCUT2D eigenvalue weighted by Crippen LogP contribution is -2.63. The molecule has 0 aromatic heterocycles. The molecule has 0 aromatic carbocycles. The number of amides is 1. The quantitative estimate of drug-likeness (QED) is 0.389. The number of rotatable bonds is 5. The molecule has 146 valence electrons. The summed E-state index contributed by atoms with van der Waals surface area (Å²) in [6.45, 7) is 9.03. The zero-order valence-electron chi connectivity index (χ0n) is 15.9. The molecule has 0 saturated carbocycles. The fourth-order valence-electron chi connectivity index (χ4n) is 3.16. The van der Waals surface area contributed by atoms with Crippen molar-refractivity contribution in [3.05, 3.63) is 0 Å². The van der Waals surface area contributed by atoms with Gasteiger partial charge in [0.1, 0.15) is 17.2 Å². The van der Waals surface area contributed by atoms with E-state index in [1.807, 2.05) is 0 Å². The standard InChI is InChI=1S/C17H25NO7S/c1-9(19)7-10-12(20)18-11(17(5,6)26(23)13(10)18)14(21)24-8-25-15(22)16(2,3)4/h10-11,13H,7-8H2,1-6H3/t10-,11+,13-,26?/m1/s1. The maximum Gasteiger partial charge on any atom is 0.333 e. The van der Waals surface area contributed by atoms with E-state index in [0.717, 1.165) is 0 Å². The van der Waals surface area contributed by atoms with Gasteiger partial charge in [-0.2, -0.15) is 0 Å². The van der Waals surface area contributed by atoms with E-state index in [4.69, 9.17) is 9.47 Å². The van der Waals surface area contributed by atoms with Gasteiger partial charge in [0, 0.05) is 6.42 Å². The van der Waals surface area contributed by atoms with Gasteiger partial charge >= 0.3 is 11.9 Å². The summed E-state index contributed by atoms with van der Waals surface area (Å²) in [5, 5.41) is -0.670. The lowest BCUT2D eigenvalue weighted by Gasteiger charge is -2.43. The Morgan fingerprint density at radius 1 is 1.19 bits per heavy atom. The molecule has 1 unspecified atom stereocenters. The van der Waals surface area contributed by atoms with E-state index in [-0.39, 0.29) is 18.1 Å². The number of hydrogen-bond acceptors (Lipinski definition) is 7. The summed E-state index contributed by atoms with van der Waals surface area (Å²) < 4.78 is 21.7. The van der Waals surface area contributed by atoms with E-state index < -0.39 is 57.0 Å². The first-order valence-electron chi connectivity index (χ1n) is 8.36. The van der Waals surface area contributed by atoms with Crippen molar-refractivity contribution in [2.45, 2.75) is 64.1 Å². The van der Waals surface area contributed by atoms with Crippen molar-refractivity contribution in [2.24, 2.45) is 11.3 Å². The van der Waals surface area contributed by atoms with Gasteiger partial charge in [0.2, 0.25) is 12.7 Å². The molecular weight excluding hydrogens is 362 g/mol. The summed E-state index contributed by atoms with van der Waals surface area (Å²) >= 11 is 0. The fraction of sp³-hybridized carbons (Fsp3) is 0.765. The van der Waals surface area contributed by atoms with Crippen LogP contribution < -0.4 is 0 Å². The van der Waals surface area contributed by atoms with Crippen molar-refractivity contribution >= 4 is 34.4 Å². The lowest BCUT2D eigenvalue weighted by molar-refractivity contribution is -0.181. The van der Waals surface area contributed by atoms with Crippen molar-refractivity contribution in [3.63, 3.8) is 0 Å². The molecule has 9 heteroatoms. The summed E-state index contributed by atoms with van der Waals surface area (Å²) in [6.07, 6.45) is 0.00673. The minimum atomic E-state index is -1.52. The smallest absolute Gasteiger partial charge is 0.333 e. The first kappa shape index (κ1) is 20.5. The topological polar surface area (TPSA) is 107 Å². The molecule has 1 amide bonds. The molecule has 2 saturated heterocycles. The van der Waals surface area contributed by atoms with Crippen molar-refractivity contribution < 1.29 is 32.9 Å². The average Bonchev–Trinajstić information content (AvgIpc) is 2.68. The van der Waals surface area contributed by atoms with Crippen LogP contribution in [-0.2, 0) is 39.5 Å². The number of carbonyl (C=O) groups is 4. The minimum absolute atomic E-state index is 0.00673. The number of ether oxygens (including phenoxy) is 2. The molecule has 2 aliphatic rings. The Labute approximate surface area is 155 Å². The van der Waals surface area contributed by atoms with Gasteiger partial charge in [0.25, 0.3) is 0 Å². The predicted molar refractivity (Wildman–Crippen MR) is 91.9 cm³/mol. The number of ketones is 1. The van der Waals surface area contributed by atoms with Crippen LogP contribution in [0.2, 0.25) is 0 Å². The number of carbonyl (C=O) groups excluding carboxylic acids is 4. The molecule has 0 spiro atoms. The SMILES string of the molecule is CC(=O)C[C@@H]1C(=O)N2[C@@H]1S(=O)C(C)(C)[C@@H]2C(=O)OCOC(=O)C(C)(C)C. The molecule has 2 rings (SSSR count). The third-order valence-electron chi connectivity index (χ3n) is 4.60. The zero-order valence-corrected chi connectivity index (χ0v) is 16.7. The summed E-state index contributed by atoms with van der Waals surface area (Å²) in [7, 11) is -1.52. The van der Waals surface area contributed by atoms with Crippen LogP contribution in [0.4, 0.5) is 0 Å². The molecule has 0 aromatic rings. The molecule has 0 radical (unpaired) electrons. The van der Waals surface area contributed by atoms with Gasteiger partial charge in [-0.05, 0) is 41.5 Å². The van der Waals surface area contributed by atoms with Crippen LogP contribution in [0.5, 0.6) is 0 Å². The van der Waals surface area contributed by atoms with Crippen molar-refractivity contribution in [2.75, 3.05) is 6.79 Å². The predicted octanol–water partition coefficient (Wildman–Crippen LogP) is 0.749. The monoisotopic (exact) mass is 387 g/mol. The Kier molecular flexibility index (Phi) is 5.34. The highest BCUT2D eigenvalue weighted by Gasteiger charge is 2.67. The molecule has 26 heavy (non-hydrogen) atoms. The second-order valence-corrected chi connectivity index (χ2v) is 10.3. The van der Waals surface area contributed by atoms with E-state index in [9.17, 15) is 23.4 Å². The van der Waals surface area contributed by atoms with Crippen LogP contribution >= 0.6 is 0 Å². The Morgan fingerprint density at radius 2 is 1.77 bits per heavy atom. The van der Waals surface area contributed by atoms with Crippen LogP contribution in [0.25, 0.3) is 0 Å². The molecule has 0 bridgehead atoms. The summed E-state index contributed by atoms with van der Waals surface area (Å²) in [5.41, 5.74) is -0.737. The minimum Gasteiger partial charge on any atom is -0.427 e. The van der Waals surface area contributed by atoms with E-state index in [1.54, 1.807) is 34.6 Å². The number of esters is 2. The van der Waals surface area contributed by atoms with Gasteiger partial charge in [0.15, 0.2) is 0 Å². The Morgan fingerprint density at radius 3 is 2.27 bits per heavy atom. The fourth-order valence-corrected chi connectivity index (χ4v) is 5.16. The van der Waals surface area contributed by atoms with E-state index in [1.165, 1.54) is 11.8 Å². The number of β-lactam (4-membered cyclic amide) rings is 1. The highest BCUT2D eigenvalue weighted by molar-refractivity contribution is 7.87. The summed E-state index contributed by atoms with van der Waals surface area (Å²) in [4.78, 5) is 49.2. The Hall–Kier alpha value is -1.77. The lowest BCUT2D eigenvalue weighted by atomic mass is 9.88. The van der Waals surface area contributed by atoms with Gasteiger partial charge < -0.3 is 19.2 Å². The molecule has 0 aliphatic carbocycles. The van der Waals surface area contributed by atoms with Crippen LogP contribution in [0.15, 0.2) is 0 Å². The van der Waals surface area contributed by atoms with Crippen molar-refractivity contribution in [1.82, 2.24) is 4.90 Å². The van der Waals surface area contributed by atoms with Crippen LogP contribution in [0, 0.1) is 11.3 Å². The first-order chi connectivity index (χ1) is 11.8. The van der Waals surface area contributed by atoms with Crippen molar-refractivity contribution in [3.8, 4) is 0 Å². The second kappa shape index (κ2) is 6.75. The van der Waals surface area contributed by atoms with Crippen LogP contribution in [0.1, 0.15) is 48.0 Å². The number of Topliss-reactive ketones (excluding diaryl/α,β-unsaturated/α-hetero) is 1. The van der Waals surface area contributed by atoms with Crippen molar-refractivity contribution in [1.29, 1.82) is 0 Å². The maximum absolute atomic E-state index is 12.8. The Bertz CT molecular complexity index is 679. The summed E-state index contributed by atoms with van der Waals surface area (Å²) in [6, 6.07) is -1.04. The molecule has 2 aliphatic heterocycles. The molecule has 2 fully saturated rings. The van der Waals surface area contributed by atoms with Crippen LogP contribution in [-0.4, -0.2) is 55.7 Å². The molecular formula is C17H25NO7S. The van der Waals surface area contributed by atoms with E-state index in [2.05, 4.69) is 0 Å². The maximum atomic E-state index is 12.8. The van der Waals surface area contributed by atoms with E-state index >= 15 is 0 Å². The van der Waals surface area contributed by atoms with Gasteiger partial charge in [-0.3, -0.25) is 13.8 Å². The summed E-state index contributed by atoms with van der Waals surface area (Å²) in [5.74, 6) is -2.51. The van der Waals surface area contributed by atoms with E-state index in [0.29, 0.717) is 0 Å². The average molecular weight is 387 g/mol. The van der Waals surface area contributed by atoms with Gasteiger partial charge in [-0.1, -0.05) is 0 Å².